The number of anilines is 2. The van der Waals surface area contributed by atoms with E-state index in [2.05, 4.69) is 15.4 Å². The number of carbonyl (C=O) groups excluding carboxylic acids is 2. The predicted molar refractivity (Wildman–Crippen MR) is 91.9 cm³/mol. The van der Waals surface area contributed by atoms with Gasteiger partial charge in [-0.3, -0.25) is 0 Å². The molecule has 0 saturated carbocycles. The molecular formula is C15H23N3O4S. The van der Waals surface area contributed by atoms with Crippen LogP contribution in [0.1, 0.15) is 30.4 Å². The summed E-state index contributed by atoms with van der Waals surface area (Å²) in [6.45, 7) is 6.30. The Morgan fingerprint density at radius 1 is 1.30 bits per heavy atom. The van der Waals surface area contributed by atoms with Crippen LogP contribution in [0.4, 0.5) is 15.5 Å². The van der Waals surface area contributed by atoms with Crippen LogP contribution in [-0.2, 0) is 9.47 Å². The molecule has 7 nitrogen and oxygen atoms in total. The number of carbonyl (C=O) groups is 2. The molecular weight excluding hydrogens is 318 g/mol. The molecule has 23 heavy (non-hydrogen) atoms. The smallest absolute Gasteiger partial charge is 0.407 e. The zero-order valence-electron chi connectivity index (χ0n) is 13.8. The third kappa shape index (κ3) is 7.05. The van der Waals surface area contributed by atoms with Gasteiger partial charge in [0.05, 0.1) is 12.8 Å². The number of ether oxygens (including phenoxy) is 2. The van der Waals surface area contributed by atoms with Gasteiger partial charge in [0.1, 0.15) is 15.5 Å². The minimum absolute atomic E-state index is 0.365. The van der Waals surface area contributed by atoms with Crippen LogP contribution in [0.2, 0.25) is 0 Å². The van der Waals surface area contributed by atoms with E-state index in [1.54, 1.807) is 32.9 Å². The number of methoxy groups -OCH3 is 1. The molecule has 1 rings (SSSR count). The van der Waals surface area contributed by atoms with Crippen LogP contribution in [0.25, 0.3) is 0 Å². The Kier molecular flexibility index (Phi) is 6.89. The van der Waals surface area contributed by atoms with E-state index in [0.717, 1.165) is 0 Å². The number of nitrogens with one attached hydrogen (secondary N) is 2. The number of rotatable bonds is 6. The minimum Gasteiger partial charge on any atom is -0.465 e. The zero-order valence-corrected chi connectivity index (χ0v) is 14.6. The van der Waals surface area contributed by atoms with Crippen molar-refractivity contribution >= 4 is 34.1 Å². The first kappa shape index (κ1) is 18.8. The summed E-state index contributed by atoms with van der Waals surface area (Å²) in [7, 11) is 1.33. The monoisotopic (exact) mass is 341 g/mol. The van der Waals surface area contributed by atoms with E-state index in [-0.39, 0.29) is 0 Å². The van der Waals surface area contributed by atoms with Gasteiger partial charge in [-0.25, -0.2) is 9.59 Å². The van der Waals surface area contributed by atoms with Gasteiger partial charge in [-0.15, -0.1) is 11.3 Å². The van der Waals surface area contributed by atoms with Crippen LogP contribution in [-0.4, -0.2) is 37.9 Å². The van der Waals surface area contributed by atoms with Crippen LogP contribution in [0.3, 0.4) is 0 Å². The van der Waals surface area contributed by atoms with Gasteiger partial charge in [-0.2, -0.15) is 0 Å². The predicted octanol–water partition coefficient (Wildman–Crippen LogP) is 2.61. The van der Waals surface area contributed by atoms with Gasteiger partial charge in [-0.1, -0.05) is 12.2 Å². The Hall–Kier alpha value is -2.22. The fraction of sp³-hybridized carbons (Fsp3) is 0.467. The topological polar surface area (TPSA) is 103 Å². The molecule has 0 aliphatic heterocycles. The first-order valence-corrected chi connectivity index (χ1v) is 7.88. The molecule has 0 spiro atoms. The second kappa shape index (κ2) is 8.42. The third-order valence-electron chi connectivity index (χ3n) is 2.46. The van der Waals surface area contributed by atoms with Crippen LogP contribution < -0.4 is 16.4 Å². The van der Waals surface area contributed by atoms with Gasteiger partial charge in [0, 0.05) is 13.1 Å². The van der Waals surface area contributed by atoms with Crippen molar-refractivity contribution in [3.8, 4) is 0 Å². The quantitative estimate of drug-likeness (QED) is 0.543. The fourth-order valence-corrected chi connectivity index (χ4v) is 2.42. The molecule has 0 bridgehead atoms. The number of esters is 1. The highest BCUT2D eigenvalue weighted by atomic mass is 32.1. The number of amides is 1. The molecule has 1 amide bonds. The molecule has 1 aromatic heterocycles. The highest BCUT2D eigenvalue weighted by molar-refractivity contribution is 7.18. The van der Waals surface area contributed by atoms with E-state index in [0.29, 0.717) is 28.7 Å². The minimum atomic E-state index is -0.511. The average molecular weight is 341 g/mol. The molecule has 0 unspecified atom stereocenters. The van der Waals surface area contributed by atoms with Crippen molar-refractivity contribution in [2.45, 2.75) is 26.4 Å². The molecule has 0 saturated heterocycles. The molecule has 4 N–H and O–H groups in total. The van der Waals surface area contributed by atoms with Crippen molar-refractivity contribution in [3.05, 3.63) is 23.1 Å². The molecule has 0 radical (unpaired) electrons. The Balaban J connectivity index is 2.33. The summed E-state index contributed by atoms with van der Waals surface area (Å²) in [5, 5.41) is 6.41. The van der Waals surface area contributed by atoms with Crippen LogP contribution in [0, 0.1) is 0 Å². The summed E-state index contributed by atoms with van der Waals surface area (Å²) in [6.07, 6.45) is 3.18. The summed E-state index contributed by atoms with van der Waals surface area (Å²) < 4.78 is 9.75. The van der Waals surface area contributed by atoms with Crippen molar-refractivity contribution in [2.75, 3.05) is 31.2 Å². The second-order valence-corrected chi connectivity index (χ2v) is 6.67. The molecule has 0 fully saturated rings. The van der Waals surface area contributed by atoms with Crippen molar-refractivity contribution in [3.63, 3.8) is 0 Å². The lowest BCUT2D eigenvalue weighted by atomic mass is 10.2. The van der Waals surface area contributed by atoms with E-state index in [1.807, 2.05) is 6.08 Å². The molecule has 0 aromatic carbocycles. The Bertz CT molecular complexity index is 576. The zero-order chi connectivity index (χ0) is 17.5. The number of nitrogen functional groups attached to an aromatic ring is 1. The van der Waals surface area contributed by atoms with E-state index in [4.69, 9.17) is 10.5 Å². The van der Waals surface area contributed by atoms with E-state index < -0.39 is 17.7 Å². The molecule has 8 heteroatoms. The van der Waals surface area contributed by atoms with Gasteiger partial charge in [0.25, 0.3) is 0 Å². The molecule has 1 heterocycles. The van der Waals surface area contributed by atoms with Crippen molar-refractivity contribution in [2.24, 2.45) is 0 Å². The van der Waals surface area contributed by atoms with E-state index in [9.17, 15) is 9.59 Å². The fourth-order valence-electron chi connectivity index (χ4n) is 1.52. The number of hydrogen-bond acceptors (Lipinski definition) is 7. The lowest BCUT2D eigenvalue weighted by Crippen LogP contribution is -2.32. The summed E-state index contributed by atoms with van der Waals surface area (Å²) in [6, 6.07) is 1.58. The van der Waals surface area contributed by atoms with E-state index >= 15 is 0 Å². The van der Waals surface area contributed by atoms with Crippen LogP contribution in [0.15, 0.2) is 18.2 Å². The van der Waals surface area contributed by atoms with Gasteiger partial charge in [-0.05, 0) is 26.8 Å². The number of hydrogen-bond donors (Lipinski definition) is 3. The maximum Gasteiger partial charge on any atom is 0.407 e. The second-order valence-electron chi connectivity index (χ2n) is 5.62. The highest BCUT2D eigenvalue weighted by Gasteiger charge is 2.15. The molecule has 0 aliphatic rings. The molecule has 0 atom stereocenters. The SMILES string of the molecule is COC(=O)c1cc(N)c(NC/C=C/CNC(=O)OC(C)(C)C)s1. The maximum absolute atomic E-state index is 11.4. The maximum atomic E-state index is 11.4. The molecule has 0 aliphatic carbocycles. The largest absolute Gasteiger partial charge is 0.465 e. The highest BCUT2D eigenvalue weighted by Crippen LogP contribution is 2.30. The lowest BCUT2D eigenvalue weighted by Gasteiger charge is -2.19. The van der Waals surface area contributed by atoms with Crippen molar-refractivity contribution in [1.29, 1.82) is 0 Å². The lowest BCUT2D eigenvalue weighted by molar-refractivity contribution is 0.0532. The van der Waals surface area contributed by atoms with E-state index in [1.165, 1.54) is 18.4 Å². The Labute approximate surface area is 139 Å². The Morgan fingerprint density at radius 3 is 2.57 bits per heavy atom. The molecule has 1 aromatic rings. The van der Waals surface area contributed by atoms with Gasteiger partial charge in [0.2, 0.25) is 0 Å². The van der Waals surface area contributed by atoms with Crippen LogP contribution >= 0.6 is 11.3 Å². The summed E-state index contributed by atoms with van der Waals surface area (Å²) in [5.74, 6) is -0.410. The third-order valence-corrected chi connectivity index (χ3v) is 3.55. The normalized spacial score (nSPS) is 11.3. The number of alkyl carbamates (subject to hydrolysis) is 1. The van der Waals surface area contributed by atoms with Gasteiger partial charge >= 0.3 is 12.1 Å². The first-order chi connectivity index (χ1) is 10.7. The number of thiophene rings is 1. The standard InChI is InChI=1S/C15H23N3O4S/c1-15(2,3)22-14(20)18-8-6-5-7-17-12-10(16)9-11(23-12)13(19)21-4/h5-6,9,17H,7-8,16H2,1-4H3,(H,18,20)/b6-5+. The summed E-state index contributed by atoms with van der Waals surface area (Å²) >= 11 is 1.23. The van der Waals surface area contributed by atoms with Crippen molar-refractivity contribution in [1.82, 2.24) is 5.32 Å². The Morgan fingerprint density at radius 2 is 1.96 bits per heavy atom. The number of nitrogens with two attached hydrogens (primary N) is 1. The van der Waals surface area contributed by atoms with Gasteiger partial charge < -0.3 is 25.8 Å². The molecule has 128 valence electrons. The van der Waals surface area contributed by atoms with Gasteiger partial charge in [0.15, 0.2) is 0 Å². The summed E-state index contributed by atoms with van der Waals surface area (Å²) in [4.78, 5) is 23.3. The first-order valence-electron chi connectivity index (χ1n) is 7.06. The summed E-state index contributed by atoms with van der Waals surface area (Å²) in [5.41, 5.74) is 5.80. The van der Waals surface area contributed by atoms with Crippen molar-refractivity contribution < 1.29 is 19.1 Å². The van der Waals surface area contributed by atoms with Crippen LogP contribution in [0.5, 0.6) is 0 Å². The average Bonchev–Trinajstić information content (AvgIpc) is 2.81.